The molecule has 4 heteroatoms. The number of hydrogen-bond donors (Lipinski definition) is 0. The lowest BCUT2D eigenvalue weighted by molar-refractivity contribution is 0.227. The highest BCUT2D eigenvalue weighted by Gasteiger charge is 2.10. The van der Waals surface area contributed by atoms with E-state index in [2.05, 4.69) is 47.2 Å². The molecule has 2 heterocycles. The van der Waals surface area contributed by atoms with Gasteiger partial charge >= 0.3 is 0 Å². The molecular weight excluding hydrogens is 236 g/mol. The van der Waals surface area contributed by atoms with Gasteiger partial charge in [-0.2, -0.15) is 5.10 Å². The number of hydrogen-bond acceptors (Lipinski definition) is 3. The minimum Gasteiger partial charge on any atom is -0.294 e. The molecule has 0 radical (unpaired) electrons. The van der Waals surface area contributed by atoms with Gasteiger partial charge in [-0.3, -0.25) is 14.6 Å². The summed E-state index contributed by atoms with van der Waals surface area (Å²) in [7, 11) is 1.96. The lowest BCUT2D eigenvalue weighted by atomic mass is 10.1. The van der Waals surface area contributed by atoms with Crippen molar-refractivity contribution in [1.82, 2.24) is 19.7 Å². The first-order chi connectivity index (χ1) is 9.13. The fourth-order valence-corrected chi connectivity index (χ4v) is 2.26. The summed E-state index contributed by atoms with van der Waals surface area (Å²) >= 11 is 0. The molecule has 0 spiro atoms. The first-order valence-corrected chi connectivity index (χ1v) is 6.72. The number of aryl methyl sites for hydroxylation is 1. The molecule has 0 aliphatic heterocycles. The molecule has 0 saturated carbocycles. The highest BCUT2D eigenvalue weighted by Crippen LogP contribution is 2.11. The predicted octanol–water partition coefficient (Wildman–Crippen LogP) is 2.47. The Morgan fingerprint density at radius 3 is 2.42 bits per heavy atom. The van der Waals surface area contributed by atoms with Crippen molar-refractivity contribution in [3.8, 4) is 0 Å². The van der Waals surface area contributed by atoms with Crippen LogP contribution in [0.4, 0.5) is 0 Å². The second-order valence-electron chi connectivity index (χ2n) is 5.44. The fraction of sp³-hybridized carbons (Fsp3) is 0.467. The molecule has 2 aromatic rings. The minimum atomic E-state index is 0.651. The number of rotatable bonds is 6. The Labute approximate surface area is 115 Å². The quantitative estimate of drug-likeness (QED) is 0.798. The number of nitrogens with zero attached hydrogens (tertiary/aromatic N) is 4. The normalized spacial score (nSPS) is 11.4. The largest absolute Gasteiger partial charge is 0.294 e. The maximum atomic E-state index is 4.24. The van der Waals surface area contributed by atoms with Crippen molar-refractivity contribution in [2.45, 2.75) is 26.9 Å². The van der Waals surface area contributed by atoms with Crippen molar-refractivity contribution < 1.29 is 0 Å². The molecule has 0 unspecified atom stereocenters. The zero-order chi connectivity index (χ0) is 13.7. The van der Waals surface area contributed by atoms with E-state index in [4.69, 9.17) is 0 Å². The fourth-order valence-electron chi connectivity index (χ4n) is 2.26. The van der Waals surface area contributed by atoms with Crippen LogP contribution in [0, 0.1) is 5.92 Å². The summed E-state index contributed by atoms with van der Waals surface area (Å²) in [5, 5.41) is 4.24. The van der Waals surface area contributed by atoms with E-state index in [9.17, 15) is 0 Å². The second kappa shape index (κ2) is 6.48. The molecule has 0 fully saturated rings. The highest BCUT2D eigenvalue weighted by atomic mass is 15.2. The van der Waals surface area contributed by atoms with Crippen molar-refractivity contribution in [2.24, 2.45) is 13.0 Å². The van der Waals surface area contributed by atoms with Gasteiger partial charge in [0.25, 0.3) is 0 Å². The van der Waals surface area contributed by atoms with Crippen LogP contribution in [0.25, 0.3) is 0 Å². The van der Waals surface area contributed by atoms with Crippen molar-refractivity contribution >= 4 is 0 Å². The molecule has 2 aromatic heterocycles. The molecule has 0 aromatic carbocycles. The van der Waals surface area contributed by atoms with Crippen LogP contribution in [-0.4, -0.2) is 26.2 Å². The van der Waals surface area contributed by atoms with Crippen molar-refractivity contribution in [3.63, 3.8) is 0 Å². The van der Waals surface area contributed by atoms with Crippen LogP contribution >= 0.6 is 0 Å². The Kier molecular flexibility index (Phi) is 4.68. The summed E-state index contributed by atoms with van der Waals surface area (Å²) < 4.78 is 1.86. The molecule has 0 amide bonds. The Hall–Kier alpha value is -1.68. The van der Waals surface area contributed by atoms with Gasteiger partial charge in [0, 0.05) is 50.8 Å². The summed E-state index contributed by atoms with van der Waals surface area (Å²) in [6.45, 7) is 7.48. The third-order valence-electron chi connectivity index (χ3n) is 2.94. The molecule has 4 nitrogen and oxygen atoms in total. The van der Waals surface area contributed by atoms with Gasteiger partial charge < -0.3 is 0 Å². The number of aromatic nitrogens is 3. The summed E-state index contributed by atoms with van der Waals surface area (Å²) in [4.78, 5) is 6.52. The van der Waals surface area contributed by atoms with Crippen molar-refractivity contribution in [1.29, 1.82) is 0 Å². The molecule has 2 rings (SSSR count). The van der Waals surface area contributed by atoms with Crippen LogP contribution in [-0.2, 0) is 20.1 Å². The van der Waals surface area contributed by atoms with Crippen LogP contribution in [0.2, 0.25) is 0 Å². The smallest absolute Gasteiger partial charge is 0.0534 e. The van der Waals surface area contributed by atoms with E-state index in [1.54, 1.807) is 0 Å². The molecule has 0 atom stereocenters. The van der Waals surface area contributed by atoms with E-state index in [1.165, 1.54) is 11.1 Å². The molecule has 102 valence electrons. The van der Waals surface area contributed by atoms with Crippen LogP contribution in [0.1, 0.15) is 25.0 Å². The minimum absolute atomic E-state index is 0.651. The maximum absolute atomic E-state index is 4.24. The van der Waals surface area contributed by atoms with Gasteiger partial charge in [-0.25, -0.2) is 0 Å². The van der Waals surface area contributed by atoms with Gasteiger partial charge in [0.15, 0.2) is 0 Å². The number of pyridine rings is 1. The SMILES string of the molecule is CC(C)CN(Cc1ccncc1)Cc1cnn(C)c1. The van der Waals surface area contributed by atoms with Gasteiger partial charge in [0.2, 0.25) is 0 Å². The summed E-state index contributed by atoms with van der Waals surface area (Å²) in [6, 6.07) is 4.16. The molecular formula is C15H22N4. The van der Waals surface area contributed by atoms with E-state index in [1.807, 2.05) is 30.3 Å². The molecule has 0 N–H and O–H groups in total. The van der Waals surface area contributed by atoms with Gasteiger partial charge in [0.05, 0.1) is 6.20 Å². The third-order valence-corrected chi connectivity index (χ3v) is 2.94. The predicted molar refractivity (Wildman–Crippen MR) is 76.4 cm³/mol. The van der Waals surface area contributed by atoms with E-state index in [0.717, 1.165) is 19.6 Å². The Morgan fingerprint density at radius 1 is 1.16 bits per heavy atom. The molecule has 0 saturated heterocycles. The monoisotopic (exact) mass is 258 g/mol. The summed E-state index contributed by atoms with van der Waals surface area (Å²) in [6.07, 6.45) is 7.74. The van der Waals surface area contributed by atoms with E-state index >= 15 is 0 Å². The maximum Gasteiger partial charge on any atom is 0.0534 e. The molecule has 0 aliphatic rings. The average Bonchev–Trinajstić information content (AvgIpc) is 2.75. The molecule has 19 heavy (non-hydrogen) atoms. The van der Waals surface area contributed by atoms with E-state index in [0.29, 0.717) is 5.92 Å². The Morgan fingerprint density at radius 2 is 1.84 bits per heavy atom. The van der Waals surface area contributed by atoms with Crippen molar-refractivity contribution in [3.05, 3.63) is 48.0 Å². The van der Waals surface area contributed by atoms with Crippen LogP contribution in [0.5, 0.6) is 0 Å². The Balaban J connectivity index is 2.03. The lowest BCUT2D eigenvalue weighted by Crippen LogP contribution is -2.26. The molecule has 0 bridgehead atoms. The average molecular weight is 258 g/mol. The van der Waals surface area contributed by atoms with Gasteiger partial charge in [-0.15, -0.1) is 0 Å². The Bertz CT molecular complexity index is 490. The van der Waals surface area contributed by atoms with Gasteiger partial charge in [0.1, 0.15) is 0 Å². The standard InChI is InChI=1S/C15H22N4/c1-13(2)9-19(11-14-4-6-16-7-5-14)12-15-8-17-18(3)10-15/h4-8,10,13H,9,11-12H2,1-3H3. The topological polar surface area (TPSA) is 34.0 Å². The van der Waals surface area contributed by atoms with Gasteiger partial charge in [-0.1, -0.05) is 13.8 Å². The highest BCUT2D eigenvalue weighted by molar-refractivity contribution is 5.10. The zero-order valence-corrected chi connectivity index (χ0v) is 12.0. The first kappa shape index (κ1) is 13.7. The summed E-state index contributed by atoms with van der Waals surface area (Å²) in [5.74, 6) is 0.651. The van der Waals surface area contributed by atoms with Gasteiger partial charge in [-0.05, 0) is 23.6 Å². The van der Waals surface area contributed by atoms with Crippen LogP contribution in [0.3, 0.4) is 0 Å². The van der Waals surface area contributed by atoms with E-state index < -0.39 is 0 Å². The third kappa shape index (κ3) is 4.48. The lowest BCUT2D eigenvalue weighted by Gasteiger charge is -2.23. The van der Waals surface area contributed by atoms with E-state index in [-0.39, 0.29) is 0 Å². The van der Waals surface area contributed by atoms with Crippen LogP contribution in [0.15, 0.2) is 36.9 Å². The van der Waals surface area contributed by atoms with Crippen molar-refractivity contribution in [2.75, 3.05) is 6.54 Å². The molecule has 0 aliphatic carbocycles. The first-order valence-electron chi connectivity index (χ1n) is 6.72. The zero-order valence-electron chi connectivity index (χ0n) is 12.0. The second-order valence-corrected chi connectivity index (χ2v) is 5.44. The summed E-state index contributed by atoms with van der Waals surface area (Å²) in [5.41, 5.74) is 2.57. The van der Waals surface area contributed by atoms with Crippen LogP contribution < -0.4 is 0 Å².